The van der Waals surface area contributed by atoms with Crippen molar-refractivity contribution in [1.29, 1.82) is 0 Å². The third-order valence-electron chi connectivity index (χ3n) is 6.37. The minimum Gasteiger partial charge on any atom is -0.511 e. The van der Waals surface area contributed by atoms with Gasteiger partial charge in [-0.25, -0.2) is 0 Å². The molecule has 2 rings (SSSR count). The molecule has 1 aromatic carbocycles. The van der Waals surface area contributed by atoms with Crippen LogP contribution in [0.15, 0.2) is 53.3 Å². The summed E-state index contributed by atoms with van der Waals surface area (Å²) in [5.74, 6) is 0.223. The molecular formula is C27H39NO4. The van der Waals surface area contributed by atoms with Gasteiger partial charge in [-0.1, -0.05) is 76.1 Å². The Morgan fingerprint density at radius 3 is 2.41 bits per heavy atom. The van der Waals surface area contributed by atoms with Gasteiger partial charge in [0.05, 0.1) is 0 Å². The van der Waals surface area contributed by atoms with Crippen LogP contribution in [0, 0.1) is 17.8 Å². The van der Waals surface area contributed by atoms with Crippen LogP contribution in [0.2, 0.25) is 0 Å². The second-order valence-electron chi connectivity index (χ2n) is 9.58. The van der Waals surface area contributed by atoms with Crippen LogP contribution in [0.1, 0.15) is 78.4 Å². The molecule has 1 aliphatic rings. The Kier molecular flexibility index (Phi) is 9.70. The number of amides is 1. The van der Waals surface area contributed by atoms with Crippen molar-refractivity contribution >= 4 is 11.7 Å². The summed E-state index contributed by atoms with van der Waals surface area (Å²) in [6.07, 6.45) is 5.42. The number of aliphatic hydroxyl groups is 2. The number of ketones is 1. The van der Waals surface area contributed by atoms with Crippen molar-refractivity contribution in [2.75, 3.05) is 0 Å². The maximum absolute atomic E-state index is 12.8. The monoisotopic (exact) mass is 441 g/mol. The molecule has 5 heteroatoms. The predicted octanol–water partition coefficient (Wildman–Crippen LogP) is 5.42. The fourth-order valence-electron chi connectivity index (χ4n) is 4.47. The molecule has 3 N–H and O–H groups in total. The van der Waals surface area contributed by atoms with E-state index in [0.717, 1.165) is 12.3 Å². The molecule has 0 unspecified atom stereocenters. The molecule has 5 atom stereocenters. The lowest BCUT2D eigenvalue weighted by molar-refractivity contribution is -0.118. The van der Waals surface area contributed by atoms with E-state index in [9.17, 15) is 19.8 Å². The number of Topliss-reactive ketones (excluding diaryl/α,β-unsaturated/α-hetero) is 1. The van der Waals surface area contributed by atoms with E-state index in [1.807, 2.05) is 6.07 Å². The second kappa shape index (κ2) is 12.0. The fraction of sp³-hybridized carbons (Fsp3) is 0.556. The summed E-state index contributed by atoms with van der Waals surface area (Å²) >= 11 is 0. The molecule has 1 fully saturated rings. The van der Waals surface area contributed by atoms with Crippen molar-refractivity contribution < 1.29 is 19.8 Å². The number of benzene rings is 1. The largest absolute Gasteiger partial charge is 0.511 e. The fourth-order valence-corrected chi connectivity index (χ4v) is 4.47. The lowest BCUT2D eigenvalue weighted by Gasteiger charge is -2.16. The first-order valence-corrected chi connectivity index (χ1v) is 11.8. The van der Waals surface area contributed by atoms with Crippen molar-refractivity contribution in [3.05, 3.63) is 58.9 Å². The SMILES string of the molecule is CC[C@H](C)C[C@@H](C)/C=C(\C)C[C@H](C)CC/C(O)=C1/C(=O)N[C@@H]([C@@H](O)c2ccccc2)C1=O. The standard InChI is InChI=1S/C27H39NO4/c1-6-17(2)14-19(4)16-20(5)15-18(3)12-13-22(29)23-26(31)24(28-27(23)32)25(30)21-10-8-7-9-11-21/h7-11,16-19,24-25,29-30H,6,12-15H2,1-5H3,(H,28,32)/b20-16+,23-22-/t17-,18+,19+,24-,25-/m0/s1. The van der Waals surface area contributed by atoms with E-state index in [2.05, 4.69) is 46.0 Å². The quantitative estimate of drug-likeness (QED) is 0.185. The van der Waals surface area contributed by atoms with Gasteiger partial charge < -0.3 is 15.5 Å². The van der Waals surface area contributed by atoms with Crippen molar-refractivity contribution in [2.24, 2.45) is 17.8 Å². The van der Waals surface area contributed by atoms with Crippen molar-refractivity contribution in [1.82, 2.24) is 5.32 Å². The zero-order valence-corrected chi connectivity index (χ0v) is 20.1. The lowest BCUT2D eigenvalue weighted by Crippen LogP contribution is -2.35. The molecule has 176 valence electrons. The lowest BCUT2D eigenvalue weighted by atomic mass is 9.90. The van der Waals surface area contributed by atoms with Gasteiger partial charge in [0.1, 0.15) is 23.5 Å². The molecule has 1 aromatic rings. The van der Waals surface area contributed by atoms with Crippen LogP contribution in [-0.4, -0.2) is 27.9 Å². The molecule has 1 saturated heterocycles. The van der Waals surface area contributed by atoms with Gasteiger partial charge in [0.2, 0.25) is 0 Å². The minimum absolute atomic E-state index is 0.186. The number of nitrogens with one attached hydrogen (secondary N) is 1. The molecule has 1 aliphatic heterocycles. The van der Waals surface area contributed by atoms with Gasteiger partial charge in [-0.15, -0.1) is 0 Å². The minimum atomic E-state index is -1.15. The van der Waals surface area contributed by atoms with Crippen molar-refractivity contribution in [3.8, 4) is 0 Å². The van der Waals surface area contributed by atoms with E-state index in [0.29, 0.717) is 23.8 Å². The van der Waals surface area contributed by atoms with Crippen LogP contribution in [0.4, 0.5) is 0 Å². The Bertz CT molecular complexity index is 842. The molecule has 0 aromatic heterocycles. The molecule has 0 saturated carbocycles. The summed E-state index contributed by atoms with van der Waals surface area (Å²) in [4.78, 5) is 25.1. The van der Waals surface area contributed by atoms with Gasteiger partial charge in [0, 0.05) is 6.42 Å². The first-order valence-electron chi connectivity index (χ1n) is 11.8. The van der Waals surface area contributed by atoms with Gasteiger partial charge >= 0.3 is 0 Å². The number of allylic oxidation sites excluding steroid dienone is 3. The predicted molar refractivity (Wildman–Crippen MR) is 128 cm³/mol. The van der Waals surface area contributed by atoms with Crippen LogP contribution < -0.4 is 5.32 Å². The number of carbonyl (C=O) groups is 2. The number of aliphatic hydroxyl groups excluding tert-OH is 2. The van der Waals surface area contributed by atoms with E-state index < -0.39 is 23.8 Å². The topological polar surface area (TPSA) is 86.6 Å². The Hall–Kier alpha value is -2.40. The zero-order valence-electron chi connectivity index (χ0n) is 20.1. The van der Waals surface area contributed by atoms with Crippen LogP contribution in [0.5, 0.6) is 0 Å². The summed E-state index contributed by atoms with van der Waals surface area (Å²) in [6.45, 7) is 11.0. The Morgan fingerprint density at radius 2 is 1.78 bits per heavy atom. The molecule has 0 radical (unpaired) electrons. The average Bonchev–Trinajstić information content (AvgIpc) is 3.05. The summed E-state index contributed by atoms with van der Waals surface area (Å²) in [5, 5.41) is 23.6. The Balaban J connectivity index is 1.95. The van der Waals surface area contributed by atoms with Gasteiger partial charge in [-0.3, -0.25) is 9.59 Å². The van der Waals surface area contributed by atoms with Gasteiger partial charge in [-0.2, -0.15) is 0 Å². The molecule has 0 spiro atoms. The van der Waals surface area contributed by atoms with Crippen molar-refractivity contribution in [2.45, 2.75) is 78.9 Å². The highest BCUT2D eigenvalue weighted by Gasteiger charge is 2.42. The molecule has 0 bridgehead atoms. The Morgan fingerprint density at radius 1 is 1.12 bits per heavy atom. The van der Waals surface area contributed by atoms with E-state index in [1.54, 1.807) is 24.3 Å². The van der Waals surface area contributed by atoms with Gasteiger partial charge in [-0.05, 0) is 49.5 Å². The normalized spacial score (nSPS) is 22.3. The Labute approximate surface area is 192 Å². The second-order valence-corrected chi connectivity index (χ2v) is 9.58. The smallest absolute Gasteiger partial charge is 0.259 e. The van der Waals surface area contributed by atoms with Crippen LogP contribution in [0.3, 0.4) is 0 Å². The third-order valence-corrected chi connectivity index (χ3v) is 6.37. The van der Waals surface area contributed by atoms with Gasteiger partial charge in [0.25, 0.3) is 5.91 Å². The highest BCUT2D eigenvalue weighted by atomic mass is 16.3. The van der Waals surface area contributed by atoms with Crippen molar-refractivity contribution in [3.63, 3.8) is 0 Å². The molecule has 1 heterocycles. The zero-order chi connectivity index (χ0) is 23.8. The van der Waals surface area contributed by atoms with Crippen LogP contribution >= 0.6 is 0 Å². The molecule has 0 aliphatic carbocycles. The number of hydrogen-bond donors (Lipinski definition) is 3. The van der Waals surface area contributed by atoms with Gasteiger partial charge in [0.15, 0.2) is 5.78 Å². The first-order chi connectivity index (χ1) is 15.1. The van der Waals surface area contributed by atoms with E-state index in [-0.39, 0.29) is 17.8 Å². The third kappa shape index (κ3) is 7.06. The maximum atomic E-state index is 12.8. The number of hydrogen-bond acceptors (Lipinski definition) is 4. The average molecular weight is 442 g/mol. The summed E-state index contributed by atoms with van der Waals surface area (Å²) in [6, 6.07) is 7.66. The van der Waals surface area contributed by atoms with E-state index in [4.69, 9.17) is 0 Å². The van der Waals surface area contributed by atoms with E-state index in [1.165, 1.54) is 18.4 Å². The summed E-state index contributed by atoms with van der Waals surface area (Å²) in [7, 11) is 0. The molecule has 1 amide bonds. The van der Waals surface area contributed by atoms with Crippen LogP contribution in [-0.2, 0) is 9.59 Å². The van der Waals surface area contributed by atoms with E-state index >= 15 is 0 Å². The molecule has 32 heavy (non-hydrogen) atoms. The number of carbonyl (C=O) groups excluding carboxylic acids is 2. The number of rotatable bonds is 11. The first kappa shape index (κ1) is 25.9. The summed E-state index contributed by atoms with van der Waals surface area (Å²) in [5.41, 5.74) is 1.66. The summed E-state index contributed by atoms with van der Waals surface area (Å²) < 4.78 is 0. The highest BCUT2D eigenvalue weighted by molar-refractivity contribution is 6.27. The molecular weight excluding hydrogens is 402 g/mol. The van der Waals surface area contributed by atoms with Crippen LogP contribution in [0.25, 0.3) is 0 Å². The maximum Gasteiger partial charge on any atom is 0.259 e. The highest BCUT2D eigenvalue weighted by Crippen LogP contribution is 2.27. The molecule has 5 nitrogen and oxygen atoms in total.